The van der Waals surface area contributed by atoms with Crippen molar-refractivity contribution >= 4 is 43.7 Å². The van der Waals surface area contributed by atoms with Gasteiger partial charge in [0.05, 0.1) is 23.0 Å². The van der Waals surface area contributed by atoms with Crippen molar-refractivity contribution in [2.24, 2.45) is 7.05 Å². The first-order valence-corrected chi connectivity index (χ1v) is 8.65. The summed E-state index contributed by atoms with van der Waals surface area (Å²) in [5.74, 6) is 0. The molecule has 0 bridgehead atoms. The van der Waals surface area contributed by atoms with E-state index >= 15 is 0 Å². The predicted octanol–water partition coefficient (Wildman–Crippen LogP) is 4.44. The normalized spacial score (nSPS) is 13.2. The first kappa shape index (κ1) is 14.1. The SMILES string of the molecule is CCCNC(c1cc2sccc2s1)c1c(Cl)cnn1C. The Morgan fingerprint density at radius 1 is 1.45 bits per heavy atom. The van der Waals surface area contributed by atoms with E-state index in [0.717, 1.165) is 23.7 Å². The van der Waals surface area contributed by atoms with Crippen molar-refractivity contribution in [1.82, 2.24) is 15.1 Å². The maximum absolute atomic E-state index is 6.33. The molecule has 20 heavy (non-hydrogen) atoms. The molecule has 106 valence electrons. The number of nitrogens with one attached hydrogen (secondary N) is 1. The van der Waals surface area contributed by atoms with Gasteiger partial charge in [-0.1, -0.05) is 18.5 Å². The minimum atomic E-state index is 0.111. The number of aryl methyl sites for hydroxylation is 1. The lowest BCUT2D eigenvalue weighted by Crippen LogP contribution is -2.24. The maximum atomic E-state index is 6.33. The van der Waals surface area contributed by atoms with Gasteiger partial charge in [0.25, 0.3) is 0 Å². The van der Waals surface area contributed by atoms with E-state index in [1.54, 1.807) is 17.5 Å². The molecule has 0 radical (unpaired) electrons. The number of fused-ring (bicyclic) bond motifs is 1. The summed E-state index contributed by atoms with van der Waals surface area (Å²) in [7, 11) is 1.94. The third kappa shape index (κ3) is 2.51. The van der Waals surface area contributed by atoms with Crippen molar-refractivity contribution < 1.29 is 0 Å². The number of rotatable bonds is 5. The Morgan fingerprint density at radius 3 is 2.95 bits per heavy atom. The first-order valence-electron chi connectivity index (χ1n) is 6.58. The number of aromatic nitrogens is 2. The van der Waals surface area contributed by atoms with Gasteiger partial charge in [-0.05, 0) is 30.5 Å². The zero-order valence-corrected chi connectivity index (χ0v) is 13.8. The van der Waals surface area contributed by atoms with E-state index in [2.05, 4.69) is 34.9 Å². The van der Waals surface area contributed by atoms with Crippen molar-refractivity contribution in [3.63, 3.8) is 0 Å². The lowest BCUT2D eigenvalue weighted by molar-refractivity contribution is 0.560. The Bertz CT molecular complexity index is 665. The summed E-state index contributed by atoms with van der Waals surface area (Å²) in [6, 6.07) is 4.55. The Balaban J connectivity index is 2.03. The predicted molar refractivity (Wildman–Crippen MR) is 88.1 cm³/mol. The summed E-state index contributed by atoms with van der Waals surface area (Å²) in [6.07, 6.45) is 2.80. The number of thiophene rings is 2. The van der Waals surface area contributed by atoms with E-state index in [1.165, 1.54) is 14.3 Å². The lowest BCUT2D eigenvalue weighted by atomic mass is 10.1. The van der Waals surface area contributed by atoms with E-state index in [1.807, 2.05) is 23.1 Å². The lowest BCUT2D eigenvalue weighted by Gasteiger charge is -2.18. The second kappa shape index (κ2) is 5.85. The molecule has 0 saturated carbocycles. The highest BCUT2D eigenvalue weighted by Crippen LogP contribution is 2.37. The third-order valence-electron chi connectivity index (χ3n) is 3.25. The van der Waals surface area contributed by atoms with E-state index in [-0.39, 0.29) is 6.04 Å². The number of halogens is 1. The van der Waals surface area contributed by atoms with Crippen LogP contribution < -0.4 is 5.32 Å². The van der Waals surface area contributed by atoms with Crippen LogP contribution in [0, 0.1) is 0 Å². The van der Waals surface area contributed by atoms with Gasteiger partial charge < -0.3 is 5.32 Å². The monoisotopic (exact) mass is 325 g/mol. The van der Waals surface area contributed by atoms with Gasteiger partial charge >= 0.3 is 0 Å². The van der Waals surface area contributed by atoms with Crippen molar-refractivity contribution in [2.75, 3.05) is 6.54 Å². The first-order chi connectivity index (χ1) is 9.70. The molecule has 1 atom stereocenters. The fraction of sp³-hybridized carbons (Fsp3) is 0.357. The number of hydrogen-bond donors (Lipinski definition) is 1. The molecule has 3 aromatic rings. The smallest absolute Gasteiger partial charge is 0.0857 e. The van der Waals surface area contributed by atoms with Crippen LogP contribution in [0.4, 0.5) is 0 Å². The summed E-state index contributed by atoms with van der Waals surface area (Å²) in [4.78, 5) is 1.30. The molecule has 0 aliphatic rings. The van der Waals surface area contributed by atoms with Crippen molar-refractivity contribution in [3.05, 3.63) is 39.3 Å². The molecular weight excluding hydrogens is 310 g/mol. The Labute approximate surface area is 131 Å². The fourth-order valence-corrected chi connectivity index (χ4v) is 4.77. The number of nitrogens with zero attached hydrogens (tertiary/aromatic N) is 2. The van der Waals surface area contributed by atoms with Gasteiger partial charge in [0.1, 0.15) is 0 Å². The molecule has 1 N–H and O–H groups in total. The molecule has 3 nitrogen and oxygen atoms in total. The van der Waals surface area contributed by atoms with Gasteiger partial charge in [-0.15, -0.1) is 22.7 Å². The second-order valence-electron chi connectivity index (χ2n) is 4.69. The molecule has 0 amide bonds. The van der Waals surface area contributed by atoms with E-state index in [4.69, 9.17) is 11.6 Å². The van der Waals surface area contributed by atoms with Crippen LogP contribution in [0.5, 0.6) is 0 Å². The third-order valence-corrected chi connectivity index (χ3v) is 5.70. The molecule has 0 aliphatic heterocycles. The van der Waals surface area contributed by atoms with Gasteiger partial charge in [-0.2, -0.15) is 5.10 Å². The molecular formula is C14H16ClN3S2. The summed E-state index contributed by atoms with van der Waals surface area (Å²) in [6.45, 7) is 3.12. The molecule has 3 heterocycles. The summed E-state index contributed by atoms with van der Waals surface area (Å²) >= 11 is 9.93. The Morgan fingerprint density at radius 2 is 2.30 bits per heavy atom. The Kier molecular flexibility index (Phi) is 4.12. The molecule has 1 unspecified atom stereocenters. The zero-order chi connectivity index (χ0) is 14.1. The minimum absolute atomic E-state index is 0.111. The average molecular weight is 326 g/mol. The van der Waals surface area contributed by atoms with Crippen LogP contribution in [0.3, 0.4) is 0 Å². The quantitative estimate of drug-likeness (QED) is 0.751. The summed E-state index contributed by atoms with van der Waals surface area (Å²) < 4.78 is 4.54. The van der Waals surface area contributed by atoms with Crippen LogP contribution in [-0.2, 0) is 7.05 Å². The molecule has 0 aliphatic carbocycles. The minimum Gasteiger partial charge on any atom is -0.304 e. The zero-order valence-electron chi connectivity index (χ0n) is 11.4. The van der Waals surface area contributed by atoms with E-state index < -0.39 is 0 Å². The van der Waals surface area contributed by atoms with Gasteiger partial charge in [0.2, 0.25) is 0 Å². The molecule has 0 aromatic carbocycles. The largest absolute Gasteiger partial charge is 0.304 e. The van der Waals surface area contributed by atoms with Crippen LogP contribution in [0.25, 0.3) is 9.40 Å². The molecule has 0 saturated heterocycles. The van der Waals surface area contributed by atoms with E-state index in [9.17, 15) is 0 Å². The highest BCUT2D eigenvalue weighted by atomic mass is 35.5. The highest BCUT2D eigenvalue weighted by molar-refractivity contribution is 7.27. The van der Waals surface area contributed by atoms with Gasteiger partial charge in [-0.3, -0.25) is 4.68 Å². The molecule has 0 fully saturated rings. The van der Waals surface area contributed by atoms with Gasteiger partial charge in [-0.25, -0.2) is 0 Å². The molecule has 0 spiro atoms. The van der Waals surface area contributed by atoms with Crippen molar-refractivity contribution in [1.29, 1.82) is 0 Å². The maximum Gasteiger partial charge on any atom is 0.0857 e. The van der Waals surface area contributed by atoms with Crippen LogP contribution in [0.2, 0.25) is 5.02 Å². The van der Waals surface area contributed by atoms with Crippen molar-refractivity contribution in [3.8, 4) is 0 Å². The summed E-state index contributed by atoms with van der Waals surface area (Å²) in [5, 5.41) is 10.7. The standard InChI is InChI=1S/C14H16ClN3S2/c1-3-5-16-13(14-9(15)8-17-18(14)2)12-7-11-10(20-12)4-6-19-11/h4,6-8,13,16H,3,5H2,1-2H3. The van der Waals surface area contributed by atoms with Crippen LogP contribution >= 0.6 is 34.3 Å². The second-order valence-corrected chi connectivity index (χ2v) is 7.16. The van der Waals surface area contributed by atoms with Crippen LogP contribution in [0.1, 0.15) is 30.0 Å². The molecule has 6 heteroatoms. The highest BCUT2D eigenvalue weighted by Gasteiger charge is 2.22. The molecule has 3 aromatic heterocycles. The van der Waals surface area contributed by atoms with Crippen LogP contribution in [0.15, 0.2) is 23.7 Å². The van der Waals surface area contributed by atoms with E-state index in [0.29, 0.717) is 0 Å². The van der Waals surface area contributed by atoms with Crippen LogP contribution in [-0.4, -0.2) is 16.3 Å². The van der Waals surface area contributed by atoms with Crippen molar-refractivity contribution in [2.45, 2.75) is 19.4 Å². The van der Waals surface area contributed by atoms with Gasteiger partial charge in [0, 0.05) is 21.3 Å². The Hall–Kier alpha value is -0.880. The van der Waals surface area contributed by atoms with Gasteiger partial charge in [0.15, 0.2) is 0 Å². The fourth-order valence-electron chi connectivity index (χ4n) is 2.29. The summed E-state index contributed by atoms with van der Waals surface area (Å²) in [5.41, 5.74) is 1.04. The number of hydrogen-bond acceptors (Lipinski definition) is 4. The average Bonchev–Trinajstić information content (AvgIpc) is 3.08. The topological polar surface area (TPSA) is 29.9 Å². The molecule has 3 rings (SSSR count).